The molecular weight excluding hydrogens is 186 g/mol. The van der Waals surface area contributed by atoms with Crippen molar-refractivity contribution in [3.63, 3.8) is 0 Å². The van der Waals surface area contributed by atoms with Crippen LogP contribution in [-0.2, 0) is 0 Å². The first-order valence-electron chi connectivity index (χ1n) is 4.74. The predicted octanol–water partition coefficient (Wildman–Crippen LogP) is 3.45. The molecule has 0 N–H and O–H groups in total. The molecular formula is C11H14F2O. The summed E-state index contributed by atoms with van der Waals surface area (Å²) in [4.78, 5) is 0. The van der Waals surface area contributed by atoms with Crippen LogP contribution in [0, 0.1) is 18.6 Å². The van der Waals surface area contributed by atoms with Gasteiger partial charge in [-0.25, -0.2) is 8.78 Å². The zero-order valence-corrected chi connectivity index (χ0v) is 8.44. The summed E-state index contributed by atoms with van der Waals surface area (Å²) in [5.74, 6) is -0.996. The van der Waals surface area contributed by atoms with Gasteiger partial charge in [-0.15, -0.1) is 0 Å². The summed E-state index contributed by atoms with van der Waals surface area (Å²) in [6, 6.07) is 2.55. The van der Waals surface area contributed by atoms with Crippen LogP contribution in [-0.4, -0.2) is 6.61 Å². The highest BCUT2D eigenvalue weighted by Crippen LogP contribution is 2.22. The molecule has 0 aliphatic carbocycles. The van der Waals surface area contributed by atoms with Gasteiger partial charge in [0.2, 0.25) is 0 Å². The van der Waals surface area contributed by atoms with Gasteiger partial charge >= 0.3 is 0 Å². The van der Waals surface area contributed by atoms with Crippen LogP contribution in [0.15, 0.2) is 12.1 Å². The molecule has 1 aromatic rings. The molecule has 1 aromatic carbocycles. The third-order valence-corrected chi connectivity index (χ3v) is 2.04. The molecule has 0 saturated carbocycles. The maximum Gasteiger partial charge on any atom is 0.170 e. The Morgan fingerprint density at radius 1 is 1.29 bits per heavy atom. The molecule has 0 heterocycles. The van der Waals surface area contributed by atoms with Crippen LogP contribution in [0.1, 0.15) is 25.3 Å². The SMILES string of the molecule is CCCCOc1ccc(F)c(C)c1F. The lowest BCUT2D eigenvalue weighted by atomic mass is 10.2. The van der Waals surface area contributed by atoms with Crippen LogP contribution in [0.4, 0.5) is 8.78 Å². The van der Waals surface area contributed by atoms with Gasteiger partial charge in [0.15, 0.2) is 11.6 Å². The summed E-state index contributed by atoms with van der Waals surface area (Å²) in [6.07, 6.45) is 1.86. The van der Waals surface area contributed by atoms with E-state index in [4.69, 9.17) is 4.74 Å². The molecule has 0 fully saturated rings. The number of hydrogen-bond donors (Lipinski definition) is 0. The number of hydrogen-bond acceptors (Lipinski definition) is 1. The second-order valence-corrected chi connectivity index (χ2v) is 3.19. The zero-order chi connectivity index (χ0) is 10.6. The van der Waals surface area contributed by atoms with Crippen molar-refractivity contribution in [3.8, 4) is 5.75 Å². The van der Waals surface area contributed by atoms with Gasteiger partial charge in [0, 0.05) is 5.56 Å². The molecule has 0 aromatic heterocycles. The van der Waals surface area contributed by atoms with Crippen molar-refractivity contribution in [2.45, 2.75) is 26.7 Å². The van der Waals surface area contributed by atoms with Gasteiger partial charge in [0.25, 0.3) is 0 Å². The van der Waals surface area contributed by atoms with Crippen molar-refractivity contribution < 1.29 is 13.5 Å². The van der Waals surface area contributed by atoms with E-state index in [1.54, 1.807) is 0 Å². The largest absolute Gasteiger partial charge is 0.491 e. The lowest BCUT2D eigenvalue weighted by molar-refractivity contribution is 0.292. The smallest absolute Gasteiger partial charge is 0.170 e. The van der Waals surface area contributed by atoms with Crippen molar-refractivity contribution >= 4 is 0 Å². The Kier molecular flexibility index (Phi) is 3.86. The molecule has 0 aliphatic rings. The summed E-state index contributed by atoms with van der Waals surface area (Å²) in [5, 5.41) is 0. The minimum absolute atomic E-state index is 0.0130. The molecule has 0 unspecified atom stereocenters. The van der Waals surface area contributed by atoms with Crippen LogP contribution < -0.4 is 4.74 Å². The Labute approximate surface area is 82.7 Å². The van der Waals surface area contributed by atoms with Crippen LogP contribution in [0.25, 0.3) is 0 Å². The second kappa shape index (κ2) is 4.94. The number of ether oxygens (including phenoxy) is 1. The van der Waals surface area contributed by atoms with Crippen molar-refractivity contribution in [2.75, 3.05) is 6.61 Å². The van der Waals surface area contributed by atoms with Crippen LogP contribution >= 0.6 is 0 Å². The Bertz CT molecular complexity index is 310. The average Bonchev–Trinajstić information content (AvgIpc) is 2.18. The fourth-order valence-corrected chi connectivity index (χ4v) is 1.07. The lowest BCUT2D eigenvalue weighted by Crippen LogP contribution is -2.00. The Balaban J connectivity index is 2.73. The minimum Gasteiger partial charge on any atom is -0.491 e. The minimum atomic E-state index is -0.596. The van der Waals surface area contributed by atoms with E-state index in [1.807, 2.05) is 6.92 Å². The summed E-state index contributed by atoms with van der Waals surface area (Å²) >= 11 is 0. The normalized spacial score (nSPS) is 10.3. The fraction of sp³-hybridized carbons (Fsp3) is 0.455. The molecule has 78 valence electrons. The van der Waals surface area contributed by atoms with Crippen molar-refractivity contribution in [3.05, 3.63) is 29.3 Å². The van der Waals surface area contributed by atoms with E-state index in [2.05, 4.69) is 0 Å². The first-order chi connectivity index (χ1) is 6.66. The van der Waals surface area contributed by atoms with E-state index in [0.717, 1.165) is 12.8 Å². The molecule has 0 radical (unpaired) electrons. The van der Waals surface area contributed by atoms with Gasteiger partial charge in [0.1, 0.15) is 5.82 Å². The van der Waals surface area contributed by atoms with Gasteiger partial charge in [-0.05, 0) is 25.5 Å². The van der Waals surface area contributed by atoms with E-state index < -0.39 is 11.6 Å². The first kappa shape index (κ1) is 11.0. The van der Waals surface area contributed by atoms with E-state index in [-0.39, 0.29) is 11.3 Å². The monoisotopic (exact) mass is 200 g/mol. The Morgan fingerprint density at radius 2 is 2.00 bits per heavy atom. The number of rotatable bonds is 4. The summed E-state index contributed by atoms with van der Waals surface area (Å²) < 4.78 is 31.3. The molecule has 0 amide bonds. The van der Waals surface area contributed by atoms with E-state index in [1.165, 1.54) is 19.1 Å². The van der Waals surface area contributed by atoms with Crippen LogP contribution in [0.2, 0.25) is 0 Å². The number of benzene rings is 1. The number of halogens is 2. The first-order valence-corrected chi connectivity index (χ1v) is 4.74. The highest BCUT2D eigenvalue weighted by atomic mass is 19.1. The Hall–Kier alpha value is -1.12. The maximum atomic E-state index is 13.3. The van der Waals surface area contributed by atoms with Crippen molar-refractivity contribution in [1.29, 1.82) is 0 Å². The highest BCUT2D eigenvalue weighted by Gasteiger charge is 2.09. The maximum absolute atomic E-state index is 13.3. The Morgan fingerprint density at radius 3 is 2.64 bits per heavy atom. The molecule has 0 atom stereocenters. The number of unbranched alkanes of at least 4 members (excludes halogenated alkanes) is 1. The topological polar surface area (TPSA) is 9.23 Å². The second-order valence-electron chi connectivity index (χ2n) is 3.19. The van der Waals surface area contributed by atoms with Crippen LogP contribution in [0.3, 0.4) is 0 Å². The molecule has 0 aliphatic heterocycles. The van der Waals surface area contributed by atoms with Crippen molar-refractivity contribution in [2.24, 2.45) is 0 Å². The molecule has 0 saturated heterocycles. The molecule has 3 heteroatoms. The highest BCUT2D eigenvalue weighted by molar-refractivity contribution is 5.31. The van der Waals surface area contributed by atoms with Crippen LogP contribution in [0.5, 0.6) is 5.75 Å². The predicted molar refractivity (Wildman–Crippen MR) is 51.5 cm³/mol. The van der Waals surface area contributed by atoms with Gasteiger partial charge in [-0.1, -0.05) is 13.3 Å². The molecule has 14 heavy (non-hydrogen) atoms. The lowest BCUT2D eigenvalue weighted by Gasteiger charge is -2.08. The standard InChI is InChI=1S/C11H14F2O/c1-3-4-7-14-10-6-5-9(12)8(2)11(10)13/h5-6H,3-4,7H2,1-2H3. The van der Waals surface area contributed by atoms with Gasteiger partial charge in [0.05, 0.1) is 6.61 Å². The fourth-order valence-electron chi connectivity index (χ4n) is 1.07. The summed E-state index contributed by atoms with van der Waals surface area (Å²) in [5.41, 5.74) is 0.0130. The van der Waals surface area contributed by atoms with E-state index in [9.17, 15) is 8.78 Å². The molecule has 0 spiro atoms. The third-order valence-electron chi connectivity index (χ3n) is 2.04. The van der Waals surface area contributed by atoms with E-state index >= 15 is 0 Å². The van der Waals surface area contributed by atoms with Crippen molar-refractivity contribution in [1.82, 2.24) is 0 Å². The van der Waals surface area contributed by atoms with E-state index in [0.29, 0.717) is 6.61 Å². The molecule has 1 nitrogen and oxygen atoms in total. The zero-order valence-electron chi connectivity index (χ0n) is 8.44. The van der Waals surface area contributed by atoms with Gasteiger partial charge in [-0.3, -0.25) is 0 Å². The summed E-state index contributed by atoms with van der Waals surface area (Å²) in [7, 11) is 0. The molecule has 1 rings (SSSR count). The van der Waals surface area contributed by atoms with Gasteiger partial charge in [-0.2, -0.15) is 0 Å². The summed E-state index contributed by atoms with van der Waals surface area (Å²) in [6.45, 7) is 3.89. The third kappa shape index (κ3) is 2.44. The van der Waals surface area contributed by atoms with Gasteiger partial charge < -0.3 is 4.74 Å². The quantitative estimate of drug-likeness (QED) is 0.676. The average molecular weight is 200 g/mol. The molecule has 0 bridgehead atoms.